The van der Waals surface area contributed by atoms with E-state index in [0.717, 1.165) is 36.6 Å². The van der Waals surface area contributed by atoms with Gasteiger partial charge < -0.3 is 14.1 Å². The molecule has 33 heavy (non-hydrogen) atoms. The number of hydrogen-bond acceptors (Lipinski definition) is 9. The second-order valence-corrected chi connectivity index (χ2v) is 11.4. The van der Waals surface area contributed by atoms with Crippen LogP contribution < -0.4 is 4.90 Å². The Kier molecular flexibility index (Phi) is 7.22. The minimum atomic E-state index is -3.92. The average molecular weight is 508 g/mol. The lowest BCUT2D eigenvalue weighted by molar-refractivity contribution is -0.122. The molecule has 3 heterocycles. The normalized spacial score (nSPS) is 18.5. The number of thiocarbonyl (C=S) groups is 1. The van der Waals surface area contributed by atoms with Crippen molar-refractivity contribution in [1.29, 1.82) is 0 Å². The molecule has 0 N–H and O–H groups in total. The molecule has 176 valence electrons. The van der Waals surface area contributed by atoms with Crippen LogP contribution in [-0.4, -0.2) is 61.9 Å². The van der Waals surface area contributed by atoms with Crippen molar-refractivity contribution in [3.63, 3.8) is 0 Å². The Balaban J connectivity index is 1.73. The summed E-state index contributed by atoms with van der Waals surface area (Å²) >= 11 is 6.44. The molecule has 0 saturated carbocycles. The molecule has 2 aliphatic heterocycles. The van der Waals surface area contributed by atoms with Crippen molar-refractivity contribution >= 4 is 56.0 Å². The highest BCUT2D eigenvalue weighted by molar-refractivity contribution is 8.26. The van der Waals surface area contributed by atoms with Crippen LogP contribution in [0.1, 0.15) is 30.7 Å². The molecule has 2 aliphatic rings. The van der Waals surface area contributed by atoms with E-state index < -0.39 is 9.84 Å². The summed E-state index contributed by atoms with van der Waals surface area (Å²) in [5, 5.41) is -0.130. The van der Waals surface area contributed by atoms with Gasteiger partial charge in [-0.1, -0.05) is 41.7 Å². The van der Waals surface area contributed by atoms with Crippen molar-refractivity contribution < 1.29 is 22.4 Å². The van der Waals surface area contributed by atoms with Crippen LogP contribution in [0.5, 0.6) is 0 Å². The van der Waals surface area contributed by atoms with E-state index in [2.05, 4.69) is 4.98 Å². The average Bonchev–Trinajstić information content (AvgIpc) is 3.35. The van der Waals surface area contributed by atoms with Gasteiger partial charge in [0.25, 0.3) is 5.91 Å². The minimum Gasteiger partial charge on any atom is -0.420 e. The molecule has 4 rings (SSSR count). The molecule has 0 aliphatic carbocycles. The van der Waals surface area contributed by atoms with Gasteiger partial charge in [0.15, 0.2) is 0 Å². The highest BCUT2D eigenvalue weighted by Gasteiger charge is 2.34. The first-order valence-electron chi connectivity index (χ1n) is 10.6. The van der Waals surface area contributed by atoms with E-state index in [1.165, 1.54) is 11.0 Å². The number of carbonyl (C=O) groups excluding carboxylic acids is 1. The molecule has 11 heteroatoms. The Morgan fingerprint density at radius 2 is 1.91 bits per heavy atom. The standard InChI is InChI=1S/C22H25N3O5S3/c1-15-6-8-16(9-7-15)33(27,28)19-21(24-10-4-3-5-11-24)30-18(23-19)14-17-20(26)25(12-13-29-2)22(31)32-17/h6-9,14H,3-5,10-13H2,1-2H3. The number of ether oxygens (including phenoxy) is 1. The summed E-state index contributed by atoms with van der Waals surface area (Å²) < 4.78 is 38.3. The summed E-state index contributed by atoms with van der Waals surface area (Å²) in [5.41, 5.74) is 0.960. The zero-order chi connectivity index (χ0) is 23.6. The lowest BCUT2D eigenvalue weighted by Crippen LogP contribution is -2.31. The lowest BCUT2D eigenvalue weighted by atomic mass is 10.1. The predicted octanol–water partition coefficient (Wildman–Crippen LogP) is 3.65. The number of sulfone groups is 1. The second-order valence-electron chi connectivity index (χ2n) is 7.85. The number of nitrogens with zero attached hydrogens (tertiary/aromatic N) is 3. The van der Waals surface area contributed by atoms with Gasteiger partial charge in [0.05, 0.1) is 23.0 Å². The number of aromatic nitrogens is 1. The van der Waals surface area contributed by atoms with Crippen LogP contribution in [0.3, 0.4) is 0 Å². The number of benzene rings is 1. The zero-order valence-corrected chi connectivity index (χ0v) is 20.9. The van der Waals surface area contributed by atoms with Crippen LogP contribution in [0.4, 0.5) is 5.88 Å². The number of carbonyl (C=O) groups is 1. The van der Waals surface area contributed by atoms with Gasteiger partial charge in [-0.25, -0.2) is 8.42 Å². The maximum atomic E-state index is 13.5. The number of hydrogen-bond donors (Lipinski definition) is 0. The van der Waals surface area contributed by atoms with E-state index in [-0.39, 0.29) is 27.6 Å². The van der Waals surface area contributed by atoms with Crippen LogP contribution in [0.25, 0.3) is 6.08 Å². The van der Waals surface area contributed by atoms with Crippen molar-refractivity contribution in [2.75, 3.05) is 38.3 Å². The summed E-state index contributed by atoms with van der Waals surface area (Å²) in [6.07, 6.45) is 4.44. The molecular formula is C22H25N3O5S3. The van der Waals surface area contributed by atoms with E-state index in [4.69, 9.17) is 21.4 Å². The number of piperidine rings is 1. The van der Waals surface area contributed by atoms with Gasteiger partial charge in [0.1, 0.15) is 4.32 Å². The van der Waals surface area contributed by atoms with Crippen LogP contribution >= 0.6 is 24.0 Å². The summed E-state index contributed by atoms with van der Waals surface area (Å²) in [6, 6.07) is 6.64. The van der Waals surface area contributed by atoms with E-state index in [1.54, 1.807) is 31.4 Å². The molecule has 1 aromatic carbocycles. The van der Waals surface area contributed by atoms with E-state index in [1.807, 2.05) is 11.8 Å². The van der Waals surface area contributed by atoms with Gasteiger partial charge in [-0.3, -0.25) is 9.69 Å². The molecular weight excluding hydrogens is 482 g/mol. The molecule has 0 unspecified atom stereocenters. The first-order valence-corrected chi connectivity index (χ1v) is 13.3. The second kappa shape index (κ2) is 9.96. The Morgan fingerprint density at radius 3 is 2.58 bits per heavy atom. The number of aryl methyl sites for hydroxylation is 1. The van der Waals surface area contributed by atoms with Crippen molar-refractivity contribution in [3.8, 4) is 0 Å². The maximum absolute atomic E-state index is 13.5. The predicted molar refractivity (Wildman–Crippen MR) is 131 cm³/mol. The number of thioether (sulfide) groups is 1. The third-order valence-corrected chi connectivity index (χ3v) is 8.52. The van der Waals surface area contributed by atoms with Gasteiger partial charge in [-0.2, -0.15) is 4.98 Å². The summed E-state index contributed by atoms with van der Waals surface area (Å²) in [4.78, 5) is 21.0. The fraction of sp³-hybridized carbons (Fsp3) is 0.409. The van der Waals surface area contributed by atoms with Gasteiger partial charge in [0.2, 0.25) is 26.6 Å². The Bertz CT molecular complexity index is 1180. The Morgan fingerprint density at radius 1 is 1.21 bits per heavy atom. The van der Waals surface area contributed by atoms with Crippen molar-refractivity contribution in [3.05, 3.63) is 40.6 Å². The number of methoxy groups -OCH3 is 1. The Hall–Kier alpha value is -2.21. The summed E-state index contributed by atoms with van der Waals surface area (Å²) in [6.45, 7) is 3.97. The van der Waals surface area contributed by atoms with Gasteiger partial charge in [-0.15, -0.1) is 0 Å². The fourth-order valence-electron chi connectivity index (χ4n) is 3.66. The Labute approximate surface area is 202 Å². The molecule has 0 radical (unpaired) electrons. The third kappa shape index (κ3) is 5.01. The third-order valence-electron chi connectivity index (χ3n) is 5.47. The van der Waals surface area contributed by atoms with Crippen molar-refractivity contribution in [2.24, 2.45) is 0 Å². The monoisotopic (exact) mass is 507 g/mol. The SMILES string of the molecule is COCCN1C(=O)C(=Cc2nc(S(=O)(=O)c3ccc(C)cc3)c(N3CCCCC3)o2)SC1=S. The molecule has 0 bridgehead atoms. The molecule has 2 aromatic rings. The largest absolute Gasteiger partial charge is 0.420 e. The highest BCUT2D eigenvalue weighted by Crippen LogP contribution is 2.36. The van der Waals surface area contributed by atoms with Gasteiger partial charge in [0, 0.05) is 26.3 Å². The molecule has 2 fully saturated rings. The number of amides is 1. The van der Waals surface area contributed by atoms with E-state index in [9.17, 15) is 13.2 Å². The first-order chi connectivity index (χ1) is 15.8. The number of rotatable bonds is 7. The highest BCUT2D eigenvalue weighted by atomic mass is 32.2. The van der Waals surface area contributed by atoms with Crippen molar-refractivity contribution in [1.82, 2.24) is 9.88 Å². The fourth-order valence-corrected chi connectivity index (χ4v) is 6.27. The number of anilines is 1. The molecule has 0 atom stereocenters. The van der Waals surface area contributed by atoms with Crippen molar-refractivity contribution in [2.45, 2.75) is 36.1 Å². The van der Waals surface area contributed by atoms with Crippen LogP contribution in [0.15, 0.2) is 43.5 Å². The van der Waals surface area contributed by atoms with Crippen LogP contribution in [0.2, 0.25) is 0 Å². The molecule has 1 amide bonds. The van der Waals surface area contributed by atoms with Gasteiger partial charge >= 0.3 is 0 Å². The molecule has 8 nitrogen and oxygen atoms in total. The van der Waals surface area contributed by atoms with Crippen LogP contribution in [0, 0.1) is 6.92 Å². The smallest absolute Gasteiger partial charge is 0.266 e. The van der Waals surface area contributed by atoms with E-state index in [0.29, 0.717) is 35.5 Å². The van der Waals surface area contributed by atoms with Gasteiger partial charge in [-0.05, 0) is 38.3 Å². The molecule has 0 spiro atoms. The maximum Gasteiger partial charge on any atom is 0.266 e. The quantitative estimate of drug-likeness (QED) is 0.411. The molecule has 2 saturated heterocycles. The first kappa shape index (κ1) is 23.9. The summed E-state index contributed by atoms with van der Waals surface area (Å²) in [7, 11) is -2.36. The van der Waals surface area contributed by atoms with Crippen LogP contribution in [-0.2, 0) is 19.4 Å². The molecule has 1 aromatic heterocycles. The lowest BCUT2D eigenvalue weighted by Gasteiger charge is -2.26. The zero-order valence-electron chi connectivity index (χ0n) is 18.4. The topological polar surface area (TPSA) is 92.9 Å². The minimum absolute atomic E-state index is 0.0634. The summed E-state index contributed by atoms with van der Waals surface area (Å²) in [5.74, 6) is 0.00704. The number of oxazole rings is 1. The van der Waals surface area contributed by atoms with E-state index >= 15 is 0 Å².